The third-order valence-corrected chi connectivity index (χ3v) is 8.74. The molecule has 13 heteroatoms. The number of aromatic nitrogens is 1. The van der Waals surface area contributed by atoms with Gasteiger partial charge in [-0.05, 0) is 52.8 Å². The van der Waals surface area contributed by atoms with Gasteiger partial charge in [-0.3, -0.25) is 4.79 Å². The molecule has 3 rings (SSSR count). The number of amides is 3. The van der Waals surface area contributed by atoms with Gasteiger partial charge in [0.15, 0.2) is 5.76 Å². The second-order valence-electron chi connectivity index (χ2n) is 10.4. The van der Waals surface area contributed by atoms with Crippen molar-refractivity contribution in [2.75, 3.05) is 32.1 Å². The summed E-state index contributed by atoms with van der Waals surface area (Å²) < 4.78 is 39.5. The largest absolute Gasteiger partial charge is 0.488 e. The zero-order valence-corrected chi connectivity index (χ0v) is 24.3. The summed E-state index contributed by atoms with van der Waals surface area (Å²) in [4.78, 5) is 27.2. The Kier molecular flexibility index (Phi) is 9.62. The minimum atomic E-state index is -3.94. The molecule has 0 unspecified atom stereocenters. The van der Waals surface area contributed by atoms with Crippen LogP contribution >= 0.6 is 0 Å². The molecule has 12 nitrogen and oxygen atoms in total. The highest BCUT2D eigenvalue weighted by molar-refractivity contribution is 7.89. The summed E-state index contributed by atoms with van der Waals surface area (Å²) in [5, 5.41) is 19.1. The van der Waals surface area contributed by atoms with Gasteiger partial charge in [-0.1, -0.05) is 12.1 Å². The lowest BCUT2D eigenvalue weighted by Gasteiger charge is -2.33. The lowest BCUT2D eigenvalue weighted by atomic mass is 10.0. The first-order valence-electron chi connectivity index (χ1n) is 12.9. The summed E-state index contributed by atoms with van der Waals surface area (Å²) in [6.45, 7) is 10.4. The number of rotatable bonds is 8. The predicted octanol–water partition coefficient (Wildman–Crippen LogP) is 2.29. The molecule has 0 saturated heterocycles. The predicted molar refractivity (Wildman–Crippen MR) is 145 cm³/mol. The molecule has 3 N–H and O–H groups in total. The van der Waals surface area contributed by atoms with E-state index >= 15 is 0 Å². The first-order valence-corrected chi connectivity index (χ1v) is 14.3. The SMILES string of the molecule is Cc1noc(C)c1S(=O)(=O)N(C)C[C@@H]1Oc2ccc(NC(=O)NC(C)C)cc2CC(=O)N([C@@H](C)CO)C[C@@H]1C. The van der Waals surface area contributed by atoms with Crippen molar-refractivity contribution in [3.05, 3.63) is 35.2 Å². The summed E-state index contributed by atoms with van der Waals surface area (Å²) in [6, 6.07) is 4.11. The van der Waals surface area contributed by atoms with E-state index in [9.17, 15) is 23.1 Å². The van der Waals surface area contributed by atoms with Crippen molar-refractivity contribution in [2.45, 2.75) is 71.0 Å². The fraction of sp³-hybridized carbons (Fsp3) is 0.577. The summed E-state index contributed by atoms with van der Waals surface area (Å²) in [5.74, 6) is 0.0973. The molecule has 3 atom stereocenters. The van der Waals surface area contributed by atoms with Crippen LogP contribution in [0.2, 0.25) is 0 Å². The van der Waals surface area contributed by atoms with Crippen LogP contribution in [0.15, 0.2) is 27.6 Å². The molecule has 216 valence electrons. The molecule has 0 spiro atoms. The van der Waals surface area contributed by atoms with Crippen molar-refractivity contribution >= 4 is 27.6 Å². The third-order valence-electron chi connectivity index (χ3n) is 6.67. The number of aliphatic hydroxyl groups is 1. The number of aliphatic hydroxyl groups excluding tert-OH is 1. The van der Waals surface area contributed by atoms with Gasteiger partial charge in [-0.15, -0.1) is 0 Å². The van der Waals surface area contributed by atoms with Crippen molar-refractivity contribution in [1.29, 1.82) is 0 Å². The van der Waals surface area contributed by atoms with Crippen molar-refractivity contribution in [3.8, 4) is 5.75 Å². The Balaban J connectivity index is 1.97. The number of carbonyl (C=O) groups is 2. The highest BCUT2D eigenvalue weighted by atomic mass is 32.2. The Hall–Kier alpha value is -3.16. The number of aryl methyl sites for hydroxylation is 2. The number of benzene rings is 1. The van der Waals surface area contributed by atoms with E-state index in [1.165, 1.54) is 11.4 Å². The summed E-state index contributed by atoms with van der Waals surface area (Å²) in [5.41, 5.74) is 1.28. The molecular weight excluding hydrogens is 526 g/mol. The van der Waals surface area contributed by atoms with Crippen molar-refractivity contribution in [3.63, 3.8) is 0 Å². The number of nitrogens with zero attached hydrogens (tertiary/aromatic N) is 3. The van der Waals surface area contributed by atoms with Gasteiger partial charge in [-0.25, -0.2) is 13.2 Å². The smallest absolute Gasteiger partial charge is 0.319 e. The highest BCUT2D eigenvalue weighted by Crippen LogP contribution is 2.30. The lowest BCUT2D eigenvalue weighted by molar-refractivity contribution is -0.134. The van der Waals surface area contributed by atoms with Gasteiger partial charge in [-0.2, -0.15) is 4.31 Å². The number of carbonyl (C=O) groups excluding carboxylic acids is 2. The van der Waals surface area contributed by atoms with E-state index in [1.54, 1.807) is 43.9 Å². The van der Waals surface area contributed by atoms with Crippen molar-refractivity contribution in [2.24, 2.45) is 5.92 Å². The molecule has 39 heavy (non-hydrogen) atoms. The molecule has 3 amide bonds. The van der Waals surface area contributed by atoms with Gasteiger partial charge in [0.25, 0.3) is 0 Å². The molecule has 2 aromatic rings. The van der Waals surface area contributed by atoms with E-state index in [-0.39, 0.29) is 66.4 Å². The standard InChI is InChI=1S/C26H39N5O7S/c1-15(2)27-26(34)28-21-8-9-22-20(10-21)11-24(33)31(17(4)14-32)12-16(3)23(37-22)13-30(7)39(35,36)25-18(5)29-38-19(25)6/h8-10,15-17,23,32H,11-14H2,1-7H3,(H2,27,28,34)/t16-,17-,23-/m0/s1. The molecule has 0 aliphatic carbocycles. The van der Waals surface area contributed by atoms with Crippen LogP contribution < -0.4 is 15.4 Å². The maximum Gasteiger partial charge on any atom is 0.319 e. The molecule has 1 aromatic carbocycles. The molecule has 1 aromatic heterocycles. The van der Waals surface area contributed by atoms with Crippen LogP contribution in [-0.4, -0.2) is 84.8 Å². The van der Waals surface area contributed by atoms with Crippen LogP contribution in [0, 0.1) is 19.8 Å². The quantitative estimate of drug-likeness (QED) is 0.441. The minimum absolute atomic E-state index is 0.0146. The highest BCUT2D eigenvalue weighted by Gasteiger charge is 2.35. The van der Waals surface area contributed by atoms with Gasteiger partial charge in [0.2, 0.25) is 15.9 Å². The Bertz CT molecular complexity index is 1270. The van der Waals surface area contributed by atoms with E-state index in [1.807, 2.05) is 20.8 Å². The van der Waals surface area contributed by atoms with Crippen LogP contribution in [0.1, 0.15) is 44.7 Å². The fourth-order valence-electron chi connectivity index (χ4n) is 4.50. The maximum absolute atomic E-state index is 13.4. The van der Waals surface area contributed by atoms with E-state index < -0.39 is 22.2 Å². The van der Waals surface area contributed by atoms with Crippen LogP contribution in [0.4, 0.5) is 10.5 Å². The monoisotopic (exact) mass is 565 g/mol. The van der Waals surface area contributed by atoms with Gasteiger partial charge in [0, 0.05) is 36.8 Å². The van der Waals surface area contributed by atoms with Crippen LogP contribution in [0.5, 0.6) is 5.75 Å². The van der Waals surface area contributed by atoms with Gasteiger partial charge in [0.05, 0.1) is 25.6 Å². The normalized spacial score (nSPS) is 19.1. The number of likely N-dealkylation sites (N-methyl/N-ethyl adjacent to an activating group) is 1. The first kappa shape index (κ1) is 30.4. The Morgan fingerprint density at radius 3 is 2.56 bits per heavy atom. The summed E-state index contributed by atoms with van der Waals surface area (Å²) >= 11 is 0. The van der Waals surface area contributed by atoms with Gasteiger partial charge in [0.1, 0.15) is 22.4 Å². The van der Waals surface area contributed by atoms with E-state index in [4.69, 9.17) is 9.26 Å². The number of hydrogen-bond donors (Lipinski definition) is 3. The average Bonchev–Trinajstić information content (AvgIpc) is 3.21. The zero-order chi connectivity index (χ0) is 29.1. The Morgan fingerprint density at radius 2 is 1.97 bits per heavy atom. The first-order chi connectivity index (χ1) is 18.2. The second-order valence-corrected chi connectivity index (χ2v) is 12.4. The number of anilines is 1. The molecule has 0 saturated carbocycles. The van der Waals surface area contributed by atoms with Crippen molar-refractivity contribution < 1.29 is 32.4 Å². The van der Waals surface area contributed by atoms with Crippen molar-refractivity contribution in [1.82, 2.24) is 19.7 Å². The Labute approximate surface area is 229 Å². The molecule has 0 radical (unpaired) electrons. The zero-order valence-electron chi connectivity index (χ0n) is 23.5. The number of hydrogen-bond acceptors (Lipinski definition) is 8. The number of fused-ring (bicyclic) bond motifs is 1. The number of sulfonamides is 1. The van der Waals surface area contributed by atoms with Crippen LogP contribution in [0.25, 0.3) is 0 Å². The second kappa shape index (κ2) is 12.3. The van der Waals surface area contributed by atoms with E-state index in [0.717, 1.165) is 0 Å². The third kappa shape index (κ3) is 7.08. The maximum atomic E-state index is 13.4. The van der Waals surface area contributed by atoms with E-state index in [0.29, 0.717) is 17.0 Å². The van der Waals surface area contributed by atoms with Crippen LogP contribution in [-0.2, 0) is 21.2 Å². The average molecular weight is 566 g/mol. The van der Waals surface area contributed by atoms with Crippen LogP contribution in [0.3, 0.4) is 0 Å². The van der Waals surface area contributed by atoms with Gasteiger partial charge < -0.3 is 29.9 Å². The molecule has 1 aliphatic heterocycles. The Morgan fingerprint density at radius 1 is 1.28 bits per heavy atom. The molecule has 0 fully saturated rings. The number of ether oxygens (including phenoxy) is 1. The van der Waals surface area contributed by atoms with Gasteiger partial charge >= 0.3 is 6.03 Å². The minimum Gasteiger partial charge on any atom is -0.488 e. The molecule has 2 heterocycles. The van der Waals surface area contributed by atoms with E-state index in [2.05, 4.69) is 15.8 Å². The lowest BCUT2D eigenvalue weighted by Crippen LogP contribution is -2.48. The molecular formula is C26H39N5O7S. The summed E-state index contributed by atoms with van der Waals surface area (Å²) in [6.07, 6.45) is -0.667. The number of urea groups is 1. The topological polar surface area (TPSA) is 154 Å². The summed E-state index contributed by atoms with van der Waals surface area (Å²) in [7, 11) is -2.48. The molecule has 0 bridgehead atoms. The number of nitrogens with one attached hydrogen (secondary N) is 2. The fourth-order valence-corrected chi connectivity index (χ4v) is 5.97. The molecule has 1 aliphatic rings.